The van der Waals surface area contributed by atoms with E-state index in [9.17, 15) is 9.59 Å². The first-order valence-electron chi connectivity index (χ1n) is 9.44. The second-order valence-electron chi connectivity index (χ2n) is 7.82. The number of amides is 3. The Hall–Kier alpha value is -3.00. The van der Waals surface area contributed by atoms with Gasteiger partial charge < -0.3 is 14.8 Å². The van der Waals surface area contributed by atoms with Gasteiger partial charge >= 0.3 is 12.1 Å². The SMILES string of the molecule is C=NC(=N/C=C(\C)N1C(=O)N[C@](C)(CC)C1=O)Oc1ccc2c(c1)C(C)(C)OC2. The van der Waals surface area contributed by atoms with Gasteiger partial charge in [0.2, 0.25) is 0 Å². The molecule has 154 valence electrons. The highest BCUT2D eigenvalue weighted by molar-refractivity contribution is 6.08. The lowest BCUT2D eigenvalue weighted by molar-refractivity contribution is -0.129. The molecule has 1 aromatic rings. The average Bonchev–Trinajstić information content (AvgIpc) is 3.11. The number of benzene rings is 1. The van der Waals surface area contributed by atoms with Gasteiger partial charge in [0.05, 0.1) is 18.4 Å². The van der Waals surface area contributed by atoms with Crippen LogP contribution in [0, 0.1) is 0 Å². The molecule has 0 saturated carbocycles. The number of hydrogen-bond acceptors (Lipinski definition) is 5. The minimum Gasteiger partial charge on any atom is -0.424 e. The molecule has 2 aliphatic rings. The predicted molar refractivity (Wildman–Crippen MR) is 110 cm³/mol. The number of carbonyl (C=O) groups excluding carboxylic acids is 2. The van der Waals surface area contributed by atoms with Crippen LogP contribution in [0.1, 0.15) is 52.2 Å². The number of nitrogens with zero attached hydrogens (tertiary/aromatic N) is 3. The van der Waals surface area contributed by atoms with Crippen LogP contribution in [0.3, 0.4) is 0 Å². The molecule has 2 heterocycles. The van der Waals surface area contributed by atoms with Gasteiger partial charge in [-0.2, -0.15) is 0 Å². The fourth-order valence-corrected chi connectivity index (χ4v) is 3.30. The van der Waals surface area contributed by atoms with Crippen LogP contribution in [0.4, 0.5) is 4.79 Å². The average molecular weight is 398 g/mol. The number of fused-ring (bicyclic) bond motifs is 1. The largest absolute Gasteiger partial charge is 0.424 e. The molecule has 8 nitrogen and oxygen atoms in total. The molecule has 1 saturated heterocycles. The molecule has 0 radical (unpaired) electrons. The highest BCUT2D eigenvalue weighted by Gasteiger charge is 2.47. The topological polar surface area (TPSA) is 92.6 Å². The second kappa shape index (κ2) is 7.44. The quantitative estimate of drug-likeness (QED) is 0.477. The molecule has 0 spiro atoms. The minimum absolute atomic E-state index is 0.00586. The summed E-state index contributed by atoms with van der Waals surface area (Å²) < 4.78 is 11.5. The summed E-state index contributed by atoms with van der Waals surface area (Å²) in [6, 6.07) is 5.18. The van der Waals surface area contributed by atoms with Gasteiger partial charge in [-0.25, -0.2) is 19.7 Å². The summed E-state index contributed by atoms with van der Waals surface area (Å²) in [6.45, 7) is 13.2. The molecule has 29 heavy (non-hydrogen) atoms. The number of imide groups is 1. The van der Waals surface area contributed by atoms with Crippen molar-refractivity contribution >= 4 is 24.7 Å². The van der Waals surface area contributed by atoms with E-state index in [1.165, 1.54) is 6.20 Å². The van der Waals surface area contributed by atoms with Gasteiger partial charge in [-0.15, -0.1) is 0 Å². The fourth-order valence-electron chi connectivity index (χ4n) is 3.30. The lowest BCUT2D eigenvalue weighted by Crippen LogP contribution is -2.42. The Morgan fingerprint density at radius 3 is 2.72 bits per heavy atom. The summed E-state index contributed by atoms with van der Waals surface area (Å²) in [5, 5.41) is 2.70. The smallest absolute Gasteiger partial charge is 0.329 e. The van der Waals surface area contributed by atoms with Crippen molar-refractivity contribution in [2.45, 2.75) is 58.8 Å². The Bertz CT molecular complexity index is 935. The molecule has 0 aromatic heterocycles. The lowest BCUT2D eigenvalue weighted by atomic mass is 9.96. The number of ether oxygens (including phenoxy) is 2. The van der Waals surface area contributed by atoms with Crippen LogP contribution in [0.2, 0.25) is 0 Å². The molecule has 0 unspecified atom stereocenters. The van der Waals surface area contributed by atoms with E-state index in [0.29, 0.717) is 24.5 Å². The third-order valence-corrected chi connectivity index (χ3v) is 5.35. The van der Waals surface area contributed by atoms with Crippen molar-refractivity contribution < 1.29 is 19.1 Å². The van der Waals surface area contributed by atoms with Crippen LogP contribution >= 0.6 is 0 Å². The Balaban J connectivity index is 1.80. The Labute approximate surface area is 170 Å². The third-order valence-electron chi connectivity index (χ3n) is 5.35. The van der Waals surface area contributed by atoms with Gasteiger partial charge in [-0.3, -0.25) is 4.79 Å². The van der Waals surface area contributed by atoms with E-state index in [1.807, 2.05) is 39.0 Å². The van der Waals surface area contributed by atoms with Crippen molar-refractivity contribution in [1.82, 2.24) is 10.2 Å². The maximum Gasteiger partial charge on any atom is 0.329 e. The number of amidine groups is 1. The van der Waals surface area contributed by atoms with Crippen molar-refractivity contribution in [3.8, 4) is 5.75 Å². The summed E-state index contributed by atoms with van der Waals surface area (Å²) >= 11 is 0. The number of urea groups is 1. The van der Waals surface area contributed by atoms with Crippen LogP contribution in [0.5, 0.6) is 5.75 Å². The summed E-state index contributed by atoms with van der Waals surface area (Å²) in [7, 11) is 0. The molecular formula is C21H26N4O4. The normalized spacial score (nSPS) is 23.8. The van der Waals surface area contributed by atoms with Gasteiger partial charge in [0.1, 0.15) is 11.3 Å². The van der Waals surface area contributed by atoms with E-state index >= 15 is 0 Å². The van der Waals surface area contributed by atoms with Crippen LogP contribution in [0.25, 0.3) is 0 Å². The van der Waals surface area contributed by atoms with Crippen molar-refractivity contribution in [2.75, 3.05) is 0 Å². The summed E-state index contributed by atoms with van der Waals surface area (Å²) in [5.74, 6) is 0.233. The fraction of sp³-hybridized carbons (Fsp3) is 0.429. The van der Waals surface area contributed by atoms with E-state index in [0.717, 1.165) is 16.0 Å². The van der Waals surface area contributed by atoms with Crippen LogP contribution in [0.15, 0.2) is 40.1 Å². The standard InChI is InChI=1S/C21H26N4O4/c1-7-21(5)17(26)25(19(27)24-21)13(2)11-23-18(22-6)29-15-9-8-14-12-28-20(3,4)16(14)10-15/h8-11H,6-7,12H2,1-5H3,(H,24,27)/b13-11+,23-18?/t21-/m1/s1. The van der Waals surface area contributed by atoms with E-state index in [-0.39, 0.29) is 17.5 Å². The maximum atomic E-state index is 12.6. The first-order chi connectivity index (χ1) is 13.6. The summed E-state index contributed by atoms with van der Waals surface area (Å²) in [5.41, 5.74) is 1.21. The number of carbonyl (C=O) groups is 2. The Morgan fingerprint density at radius 2 is 2.10 bits per heavy atom. The predicted octanol–water partition coefficient (Wildman–Crippen LogP) is 3.47. The van der Waals surface area contributed by atoms with Gasteiger partial charge in [0, 0.05) is 5.70 Å². The number of nitrogens with one attached hydrogen (secondary N) is 1. The molecule has 1 atom stereocenters. The molecule has 3 rings (SSSR count). The third kappa shape index (κ3) is 3.80. The van der Waals surface area contributed by atoms with Gasteiger partial charge in [-0.05, 0) is 64.1 Å². The van der Waals surface area contributed by atoms with Crippen LogP contribution < -0.4 is 10.1 Å². The summed E-state index contributed by atoms with van der Waals surface area (Å²) in [4.78, 5) is 33.8. The molecule has 1 N–H and O–H groups in total. The Kier molecular flexibility index (Phi) is 5.32. The van der Waals surface area contributed by atoms with Crippen LogP contribution in [-0.4, -0.2) is 35.1 Å². The highest BCUT2D eigenvalue weighted by Crippen LogP contribution is 2.37. The van der Waals surface area contributed by atoms with Crippen molar-refractivity contribution in [2.24, 2.45) is 9.98 Å². The van der Waals surface area contributed by atoms with E-state index in [1.54, 1.807) is 13.8 Å². The molecule has 1 fully saturated rings. The van der Waals surface area contributed by atoms with E-state index < -0.39 is 11.6 Å². The zero-order valence-corrected chi connectivity index (χ0v) is 17.4. The number of rotatable bonds is 4. The molecular weight excluding hydrogens is 372 g/mol. The van der Waals surface area contributed by atoms with Gasteiger partial charge in [0.15, 0.2) is 0 Å². The molecule has 3 amide bonds. The zero-order chi connectivity index (χ0) is 21.4. The second-order valence-corrected chi connectivity index (χ2v) is 7.82. The molecule has 2 aliphatic heterocycles. The summed E-state index contributed by atoms with van der Waals surface area (Å²) in [6.07, 6.45) is 1.86. The first kappa shape index (κ1) is 20.7. The highest BCUT2D eigenvalue weighted by atomic mass is 16.5. The van der Waals surface area contributed by atoms with Crippen molar-refractivity contribution in [1.29, 1.82) is 0 Å². The number of hydrogen-bond donors (Lipinski definition) is 1. The number of allylic oxidation sites excluding steroid dienone is 1. The van der Waals surface area contributed by atoms with Crippen molar-refractivity contribution in [3.05, 3.63) is 41.2 Å². The van der Waals surface area contributed by atoms with E-state index in [4.69, 9.17) is 9.47 Å². The molecule has 0 bridgehead atoms. The van der Waals surface area contributed by atoms with Crippen LogP contribution in [-0.2, 0) is 21.7 Å². The maximum absolute atomic E-state index is 12.6. The van der Waals surface area contributed by atoms with Crippen molar-refractivity contribution in [3.63, 3.8) is 0 Å². The minimum atomic E-state index is -0.912. The van der Waals surface area contributed by atoms with Gasteiger partial charge in [0.25, 0.3) is 5.91 Å². The van der Waals surface area contributed by atoms with E-state index in [2.05, 4.69) is 22.0 Å². The Morgan fingerprint density at radius 1 is 1.38 bits per heavy atom. The molecule has 8 heteroatoms. The lowest BCUT2D eigenvalue weighted by Gasteiger charge is -2.19. The number of aliphatic imine (C=N–C) groups is 2. The first-order valence-corrected chi connectivity index (χ1v) is 9.44. The molecule has 0 aliphatic carbocycles. The zero-order valence-electron chi connectivity index (χ0n) is 17.4. The monoisotopic (exact) mass is 398 g/mol. The molecule has 1 aromatic carbocycles. The van der Waals surface area contributed by atoms with Gasteiger partial charge in [-0.1, -0.05) is 13.0 Å².